The van der Waals surface area contributed by atoms with Crippen molar-refractivity contribution in [3.05, 3.63) is 62.6 Å². The number of halogens is 3. The molecule has 2 aromatic carbocycles. The van der Waals surface area contributed by atoms with Crippen LogP contribution in [0.15, 0.2) is 41.3 Å². The molecule has 1 nitrogen and oxygen atoms in total. The van der Waals surface area contributed by atoms with E-state index in [-0.39, 0.29) is 0 Å². The Balaban J connectivity index is 1.76. The predicted octanol–water partition coefficient (Wildman–Crippen LogP) is 5.97. The van der Waals surface area contributed by atoms with Gasteiger partial charge in [0.15, 0.2) is 0 Å². The number of hydrogen-bond acceptors (Lipinski definition) is 2. The topological polar surface area (TPSA) is 12.0 Å². The van der Waals surface area contributed by atoms with Gasteiger partial charge in [-0.3, -0.25) is 0 Å². The van der Waals surface area contributed by atoms with Crippen LogP contribution >= 0.6 is 46.6 Å². The zero-order valence-corrected chi connectivity index (χ0v) is 14.3. The lowest BCUT2D eigenvalue weighted by Gasteiger charge is -2.26. The van der Waals surface area contributed by atoms with E-state index < -0.39 is 0 Å². The molecule has 2 aromatic rings. The molecule has 0 saturated carbocycles. The monoisotopic (exact) mass is 357 g/mol. The Morgan fingerprint density at radius 3 is 2.62 bits per heavy atom. The minimum absolute atomic E-state index is 0.312. The summed E-state index contributed by atoms with van der Waals surface area (Å²) in [7, 11) is 0. The van der Waals surface area contributed by atoms with Gasteiger partial charge in [-0.15, -0.1) is 11.8 Å². The maximum atomic E-state index is 6.22. The molecule has 1 heterocycles. The summed E-state index contributed by atoms with van der Waals surface area (Å²) in [6.07, 6.45) is 1.09. The molecular formula is C16H14Cl3NS. The van der Waals surface area contributed by atoms with Crippen molar-refractivity contribution >= 4 is 46.6 Å². The van der Waals surface area contributed by atoms with Crippen LogP contribution in [0.4, 0.5) is 0 Å². The minimum Gasteiger partial charge on any atom is -0.306 e. The van der Waals surface area contributed by atoms with Gasteiger partial charge in [-0.2, -0.15) is 0 Å². The third-order valence-corrected chi connectivity index (χ3v) is 5.51. The zero-order valence-electron chi connectivity index (χ0n) is 11.2. The van der Waals surface area contributed by atoms with Gasteiger partial charge in [0, 0.05) is 32.5 Å². The normalized spacial score (nSPS) is 17.6. The van der Waals surface area contributed by atoms with Crippen molar-refractivity contribution in [2.75, 3.05) is 5.75 Å². The summed E-state index contributed by atoms with van der Waals surface area (Å²) in [4.78, 5) is 1.31. The first-order chi connectivity index (χ1) is 10.1. The van der Waals surface area contributed by atoms with Crippen LogP contribution in [0.3, 0.4) is 0 Å². The molecule has 1 aliphatic heterocycles. The van der Waals surface area contributed by atoms with E-state index in [1.165, 1.54) is 10.5 Å². The smallest absolute Gasteiger partial charge is 0.0465 e. The first-order valence-corrected chi connectivity index (χ1v) is 8.85. The second-order valence-electron chi connectivity index (χ2n) is 4.99. The quantitative estimate of drug-likeness (QED) is 0.725. The highest BCUT2D eigenvalue weighted by Crippen LogP contribution is 2.37. The van der Waals surface area contributed by atoms with Crippen LogP contribution in [0.25, 0.3) is 0 Å². The fourth-order valence-corrected chi connectivity index (χ4v) is 4.24. The van der Waals surface area contributed by atoms with Crippen molar-refractivity contribution in [2.24, 2.45) is 0 Å². The second-order valence-corrected chi connectivity index (χ2v) is 7.41. The van der Waals surface area contributed by atoms with E-state index in [4.69, 9.17) is 34.8 Å². The van der Waals surface area contributed by atoms with Gasteiger partial charge in [0.1, 0.15) is 0 Å². The molecule has 0 bridgehead atoms. The summed E-state index contributed by atoms with van der Waals surface area (Å²) in [5.41, 5.74) is 2.34. The van der Waals surface area contributed by atoms with Gasteiger partial charge in [0.05, 0.1) is 0 Å². The van der Waals surface area contributed by atoms with Crippen LogP contribution in [0.5, 0.6) is 0 Å². The molecule has 0 aromatic heterocycles. The van der Waals surface area contributed by atoms with E-state index in [9.17, 15) is 0 Å². The van der Waals surface area contributed by atoms with Crippen molar-refractivity contribution < 1.29 is 0 Å². The lowest BCUT2D eigenvalue weighted by atomic mass is 10.0. The summed E-state index contributed by atoms with van der Waals surface area (Å²) < 4.78 is 0. The molecule has 1 N–H and O–H groups in total. The van der Waals surface area contributed by atoms with Gasteiger partial charge in [-0.1, -0.05) is 40.9 Å². The maximum Gasteiger partial charge on any atom is 0.0465 e. The van der Waals surface area contributed by atoms with E-state index >= 15 is 0 Å². The summed E-state index contributed by atoms with van der Waals surface area (Å²) >= 11 is 20.2. The number of hydrogen-bond donors (Lipinski definition) is 1. The molecule has 1 aliphatic rings. The second kappa shape index (κ2) is 6.80. The fraction of sp³-hybridized carbons (Fsp3) is 0.250. The number of rotatable bonds is 3. The molecule has 0 amide bonds. The third-order valence-electron chi connectivity index (χ3n) is 3.57. The lowest BCUT2D eigenvalue weighted by Crippen LogP contribution is -2.24. The van der Waals surface area contributed by atoms with Crippen molar-refractivity contribution in [1.29, 1.82) is 0 Å². The van der Waals surface area contributed by atoms with Crippen LogP contribution < -0.4 is 5.32 Å². The van der Waals surface area contributed by atoms with Gasteiger partial charge >= 0.3 is 0 Å². The molecule has 110 valence electrons. The summed E-state index contributed by atoms with van der Waals surface area (Å²) in [6.45, 7) is 0.720. The van der Waals surface area contributed by atoms with Gasteiger partial charge in [-0.05, 0) is 53.6 Å². The summed E-state index contributed by atoms with van der Waals surface area (Å²) in [5, 5.41) is 5.73. The standard InChI is InChI=1S/C16H14Cl3NS/c17-11-3-4-16-13(7-11)15(5-6-21-16)20-9-10-1-2-12(18)8-14(10)19/h1-4,7-8,15,20H,5-6,9H2. The predicted molar refractivity (Wildman–Crippen MR) is 92.8 cm³/mol. The van der Waals surface area contributed by atoms with Crippen LogP contribution in [-0.2, 0) is 6.54 Å². The number of nitrogens with one attached hydrogen (secondary N) is 1. The van der Waals surface area contributed by atoms with E-state index in [1.807, 2.05) is 30.0 Å². The Morgan fingerprint density at radius 1 is 1.05 bits per heavy atom. The van der Waals surface area contributed by atoms with Crippen LogP contribution in [0.2, 0.25) is 15.1 Å². The van der Waals surface area contributed by atoms with Gasteiger partial charge < -0.3 is 5.32 Å². The molecule has 0 aliphatic carbocycles. The lowest BCUT2D eigenvalue weighted by molar-refractivity contribution is 0.510. The average Bonchev–Trinajstić information content (AvgIpc) is 2.46. The van der Waals surface area contributed by atoms with Crippen molar-refractivity contribution in [3.63, 3.8) is 0 Å². The van der Waals surface area contributed by atoms with Crippen LogP contribution in [0, 0.1) is 0 Å². The largest absolute Gasteiger partial charge is 0.306 e. The SMILES string of the molecule is Clc1ccc(CNC2CCSc3ccc(Cl)cc32)c(Cl)c1. The highest BCUT2D eigenvalue weighted by Gasteiger charge is 2.20. The number of thioether (sulfide) groups is 1. The first-order valence-electron chi connectivity index (χ1n) is 6.73. The van der Waals surface area contributed by atoms with E-state index in [2.05, 4.69) is 17.4 Å². The van der Waals surface area contributed by atoms with Gasteiger partial charge in [-0.25, -0.2) is 0 Å². The molecule has 0 radical (unpaired) electrons. The molecule has 1 unspecified atom stereocenters. The Labute approximate surface area is 144 Å². The van der Waals surface area contributed by atoms with E-state index in [0.717, 1.165) is 29.3 Å². The maximum absolute atomic E-state index is 6.22. The Bertz CT molecular complexity index is 660. The van der Waals surface area contributed by atoms with Crippen molar-refractivity contribution in [3.8, 4) is 0 Å². The average molecular weight is 359 g/mol. The van der Waals surface area contributed by atoms with Gasteiger partial charge in [0.25, 0.3) is 0 Å². The Kier molecular flexibility index (Phi) is 5.03. The number of fused-ring (bicyclic) bond motifs is 1. The molecule has 0 saturated heterocycles. The fourth-order valence-electron chi connectivity index (χ4n) is 2.48. The molecule has 21 heavy (non-hydrogen) atoms. The molecule has 0 fully saturated rings. The van der Waals surface area contributed by atoms with Crippen molar-refractivity contribution in [1.82, 2.24) is 5.32 Å². The third kappa shape index (κ3) is 3.69. The molecular weight excluding hydrogens is 345 g/mol. The Morgan fingerprint density at radius 2 is 1.81 bits per heavy atom. The van der Waals surface area contributed by atoms with E-state index in [1.54, 1.807) is 6.07 Å². The number of benzene rings is 2. The van der Waals surface area contributed by atoms with E-state index in [0.29, 0.717) is 16.1 Å². The van der Waals surface area contributed by atoms with Crippen molar-refractivity contribution in [2.45, 2.75) is 23.9 Å². The molecule has 0 spiro atoms. The van der Waals surface area contributed by atoms with Gasteiger partial charge in [0.2, 0.25) is 0 Å². The van der Waals surface area contributed by atoms with Crippen LogP contribution in [-0.4, -0.2) is 5.75 Å². The zero-order chi connectivity index (χ0) is 14.8. The molecule has 3 rings (SSSR count). The summed E-state index contributed by atoms with van der Waals surface area (Å²) in [6, 6.07) is 12.0. The first kappa shape index (κ1) is 15.5. The van der Waals surface area contributed by atoms with Crippen LogP contribution in [0.1, 0.15) is 23.6 Å². The Hall–Kier alpha value is -0.380. The highest BCUT2D eigenvalue weighted by molar-refractivity contribution is 7.99. The molecule has 1 atom stereocenters. The molecule has 5 heteroatoms. The minimum atomic E-state index is 0.312. The summed E-state index contributed by atoms with van der Waals surface area (Å²) in [5.74, 6) is 1.11. The highest BCUT2D eigenvalue weighted by atomic mass is 35.5.